The van der Waals surface area contributed by atoms with Crippen LogP contribution >= 0.6 is 0 Å². The second kappa shape index (κ2) is 6.79. The lowest BCUT2D eigenvalue weighted by atomic mass is 10.1. The molecule has 0 aliphatic carbocycles. The summed E-state index contributed by atoms with van der Waals surface area (Å²) < 4.78 is 19.0. The molecule has 0 amide bonds. The van der Waals surface area contributed by atoms with Crippen molar-refractivity contribution in [3.05, 3.63) is 59.9 Å². The lowest BCUT2D eigenvalue weighted by Crippen LogP contribution is -2.36. The van der Waals surface area contributed by atoms with Gasteiger partial charge in [-0.3, -0.25) is 0 Å². The van der Waals surface area contributed by atoms with Gasteiger partial charge in [-0.2, -0.15) is 0 Å². The average molecular weight is 300 g/mol. The number of piperidine rings is 1. The lowest BCUT2D eigenvalue weighted by molar-refractivity contribution is 0.0250. The molecule has 3 nitrogen and oxygen atoms in total. The number of halogens is 1. The third-order valence-electron chi connectivity index (χ3n) is 4.07. The van der Waals surface area contributed by atoms with Gasteiger partial charge in [-0.1, -0.05) is 12.1 Å². The van der Waals surface area contributed by atoms with Gasteiger partial charge in [0.05, 0.1) is 12.7 Å². The van der Waals surface area contributed by atoms with Crippen LogP contribution in [0.4, 0.5) is 15.8 Å². The van der Waals surface area contributed by atoms with E-state index in [9.17, 15) is 4.39 Å². The molecule has 0 unspecified atom stereocenters. The first kappa shape index (κ1) is 14.9. The zero-order valence-electron chi connectivity index (χ0n) is 12.5. The van der Waals surface area contributed by atoms with E-state index in [0.29, 0.717) is 6.61 Å². The highest BCUT2D eigenvalue weighted by Gasteiger charge is 2.19. The number of ether oxygens (including phenoxy) is 1. The molecule has 116 valence electrons. The number of hydrogen-bond donors (Lipinski definition) is 1. The molecule has 0 spiro atoms. The molecule has 1 heterocycles. The Bertz CT molecular complexity index is 607. The third-order valence-corrected chi connectivity index (χ3v) is 4.07. The summed E-state index contributed by atoms with van der Waals surface area (Å²) >= 11 is 0. The van der Waals surface area contributed by atoms with Gasteiger partial charge in [0.25, 0.3) is 0 Å². The smallest absolute Gasteiger partial charge is 0.123 e. The first-order valence-corrected chi connectivity index (χ1v) is 7.67. The minimum Gasteiger partial charge on any atom is -0.399 e. The molecule has 22 heavy (non-hydrogen) atoms. The Kier molecular flexibility index (Phi) is 4.59. The Morgan fingerprint density at radius 1 is 1.09 bits per heavy atom. The van der Waals surface area contributed by atoms with Crippen LogP contribution in [0.2, 0.25) is 0 Å². The van der Waals surface area contributed by atoms with E-state index >= 15 is 0 Å². The Labute approximate surface area is 130 Å². The Balaban J connectivity index is 1.48. The molecule has 2 N–H and O–H groups in total. The second-order valence-electron chi connectivity index (χ2n) is 5.72. The fraction of sp³-hybridized carbons (Fsp3) is 0.333. The Morgan fingerprint density at radius 2 is 1.82 bits per heavy atom. The largest absolute Gasteiger partial charge is 0.399 e. The van der Waals surface area contributed by atoms with Crippen LogP contribution in [0.15, 0.2) is 48.5 Å². The van der Waals surface area contributed by atoms with E-state index < -0.39 is 0 Å². The van der Waals surface area contributed by atoms with Gasteiger partial charge in [-0.25, -0.2) is 4.39 Å². The number of anilines is 2. The van der Waals surface area contributed by atoms with Crippen molar-refractivity contribution in [1.82, 2.24) is 0 Å². The van der Waals surface area contributed by atoms with Crippen LogP contribution in [0.1, 0.15) is 18.4 Å². The van der Waals surface area contributed by atoms with Crippen molar-refractivity contribution < 1.29 is 9.13 Å². The van der Waals surface area contributed by atoms with Gasteiger partial charge in [0.15, 0.2) is 0 Å². The topological polar surface area (TPSA) is 38.5 Å². The number of nitrogens with two attached hydrogens (primary N) is 1. The van der Waals surface area contributed by atoms with E-state index in [4.69, 9.17) is 10.5 Å². The van der Waals surface area contributed by atoms with Gasteiger partial charge in [0, 0.05) is 24.5 Å². The maximum Gasteiger partial charge on any atom is 0.123 e. The van der Waals surface area contributed by atoms with Crippen LogP contribution in [0, 0.1) is 5.82 Å². The highest BCUT2D eigenvalue weighted by Crippen LogP contribution is 2.23. The first-order valence-electron chi connectivity index (χ1n) is 7.67. The van der Waals surface area contributed by atoms with E-state index in [-0.39, 0.29) is 11.9 Å². The zero-order chi connectivity index (χ0) is 15.4. The summed E-state index contributed by atoms with van der Waals surface area (Å²) in [5.41, 5.74) is 8.60. The number of hydrogen-bond acceptors (Lipinski definition) is 3. The summed E-state index contributed by atoms with van der Waals surface area (Å²) in [4.78, 5) is 2.35. The standard InChI is InChI=1S/C18H21FN2O/c19-15-3-1-2-14(12-15)13-22-18-8-10-21(11-9-18)17-6-4-16(20)5-7-17/h1-7,12,18H,8-11,13,20H2. The molecule has 1 aliphatic rings. The van der Waals surface area contributed by atoms with Crippen LogP contribution < -0.4 is 10.6 Å². The number of nitrogens with zero attached hydrogens (tertiary/aromatic N) is 1. The van der Waals surface area contributed by atoms with Crippen molar-refractivity contribution in [3.8, 4) is 0 Å². The van der Waals surface area contributed by atoms with Crippen molar-refractivity contribution >= 4 is 11.4 Å². The summed E-state index contributed by atoms with van der Waals surface area (Å²) in [7, 11) is 0. The number of benzene rings is 2. The van der Waals surface area contributed by atoms with Gasteiger partial charge < -0.3 is 15.4 Å². The minimum atomic E-state index is -0.209. The summed E-state index contributed by atoms with van der Waals surface area (Å²) in [6.45, 7) is 2.42. The van der Waals surface area contributed by atoms with E-state index in [1.54, 1.807) is 6.07 Å². The summed E-state index contributed by atoms with van der Waals surface area (Å²) in [6, 6.07) is 14.6. The van der Waals surface area contributed by atoms with E-state index in [1.807, 2.05) is 18.2 Å². The summed E-state index contributed by atoms with van der Waals surface area (Å²) in [6.07, 6.45) is 2.22. The average Bonchev–Trinajstić information content (AvgIpc) is 2.54. The molecule has 0 radical (unpaired) electrons. The normalized spacial score (nSPS) is 16.0. The Morgan fingerprint density at radius 3 is 2.50 bits per heavy atom. The minimum absolute atomic E-state index is 0.209. The molecule has 0 saturated carbocycles. The fourth-order valence-corrected chi connectivity index (χ4v) is 2.81. The monoisotopic (exact) mass is 300 g/mol. The van der Waals surface area contributed by atoms with Crippen molar-refractivity contribution in [2.75, 3.05) is 23.7 Å². The molecule has 0 aromatic heterocycles. The Hall–Kier alpha value is -2.07. The van der Waals surface area contributed by atoms with E-state index in [1.165, 1.54) is 17.8 Å². The highest BCUT2D eigenvalue weighted by molar-refractivity contribution is 5.53. The second-order valence-corrected chi connectivity index (χ2v) is 5.72. The summed E-state index contributed by atoms with van der Waals surface area (Å²) in [5, 5.41) is 0. The third kappa shape index (κ3) is 3.77. The van der Waals surface area contributed by atoms with E-state index in [0.717, 1.165) is 37.2 Å². The molecule has 2 aromatic rings. The first-order chi connectivity index (χ1) is 10.7. The van der Waals surface area contributed by atoms with Crippen LogP contribution in [0.5, 0.6) is 0 Å². The molecular formula is C18H21FN2O. The molecule has 1 aliphatic heterocycles. The summed E-state index contributed by atoms with van der Waals surface area (Å²) in [5.74, 6) is -0.209. The zero-order valence-corrected chi connectivity index (χ0v) is 12.5. The van der Waals surface area contributed by atoms with Gasteiger partial charge >= 0.3 is 0 Å². The molecular weight excluding hydrogens is 279 g/mol. The quantitative estimate of drug-likeness (QED) is 0.877. The molecule has 0 atom stereocenters. The van der Waals surface area contributed by atoms with Gasteiger partial charge in [-0.15, -0.1) is 0 Å². The predicted octanol–water partition coefficient (Wildman–Crippen LogP) is 3.59. The fourth-order valence-electron chi connectivity index (χ4n) is 2.81. The van der Waals surface area contributed by atoms with Crippen LogP contribution in [0.3, 0.4) is 0 Å². The lowest BCUT2D eigenvalue weighted by Gasteiger charge is -2.33. The van der Waals surface area contributed by atoms with E-state index in [2.05, 4.69) is 17.0 Å². The van der Waals surface area contributed by atoms with Crippen molar-refractivity contribution in [3.63, 3.8) is 0 Å². The maximum absolute atomic E-state index is 13.1. The molecule has 1 fully saturated rings. The van der Waals surface area contributed by atoms with Gasteiger partial charge in [0.1, 0.15) is 5.82 Å². The molecule has 2 aromatic carbocycles. The van der Waals surface area contributed by atoms with Crippen molar-refractivity contribution in [1.29, 1.82) is 0 Å². The predicted molar refractivity (Wildman–Crippen MR) is 87.3 cm³/mol. The highest BCUT2D eigenvalue weighted by atomic mass is 19.1. The van der Waals surface area contributed by atoms with Gasteiger partial charge in [-0.05, 0) is 54.8 Å². The molecule has 3 rings (SSSR count). The molecule has 0 bridgehead atoms. The number of rotatable bonds is 4. The molecule has 1 saturated heterocycles. The van der Waals surface area contributed by atoms with Gasteiger partial charge in [0.2, 0.25) is 0 Å². The van der Waals surface area contributed by atoms with Crippen molar-refractivity contribution in [2.24, 2.45) is 0 Å². The van der Waals surface area contributed by atoms with Crippen LogP contribution in [-0.4, -0.2) is 19.2 Å². The van der Waals surface area contributed by atoms with Crippen molar-refractivity contribution in [2.45, 2.75) is 25.6 Å². The number of nitrogen functional groups attached to an aromatic ring is 1. The van der Waals surface area contributed by atoms with Crippen LogP contribution in [-0.2, 0) is 11.3 Å². The molecule has 4 heteroatoms. The van der Waals surface area contributed by atoms with Crippen LogP contribution in [0.25, 0.3) is 0 Å². The SMILES string of the molecule is Nc1ccc(N2CCC(OCc3cccc(F)c3)CC2)cc1. The maximum atomic E-state index is 13.1.